The van der Waals surface area contributed by atoms with Gasteiger partial charge >= 0.3 is 6.18 Å². The number of aromatic nitrogens is 5. The molecule has 3 aromatic rings. The maximum absolute atomic E-state index is 13.0. The van der Waals surface area contributed by atoms with Gasteiger partial charge in [-0.2, -0.15) is 23.4 Å². The summed E-state index contributed by atoms with van der Waals surface area (Å²) in [6.45, 7) is 1.93. The van der Waals surface area contributed by atoms with Crippen molar-refractivity contribution in [3.63, 3.8) is 0 Å². The van der Waals surface area contributed by atoms with Crippen LogP contribution >= 0.6 is 11.3 Å². The summed E-state index contributed by atoms with van der Waals surface area (Å²) in [7, 11) is 0. The number of halogens is 3. The first-order valence-corrected chi connectivity index (χ1v) is 6.87. The molecular weight excluding hydrogens is 303 g/mol. The molecule has 0 saturated carbocycles. The molecule has 21 heavy (non-hydrogen) atoms. The molecule has 0 N–H and O–H groups in total. The van der Waals surface area contributed by atoms with Crippen LogP contribution in [0.15, 0.2) is 29.9 Å². The molecule has 0 spiro atoms. The van der Waals surface area contributed by atoms with E-state index in [0.717, 1.165) is 22.1 Å². The number of hydrogen-bond donors (Lipinski definition) is 0. The average molecular weight is 313 g/mol. The molecule has 9 heteroatoms. The molecular formula is C12H10F3N5S. The molecule has 5 nitrogen and oxygen atoms in total. The average Bonchev–Trinajstić information content (AvgIpc) is 3.08. The fourth-order valence-corrected chi connectivity index (χ4v) is 2.65. The standard InChI is InChI=1S/C12H10F3N5S/c1-8-5-10(12(13,14)15)20(18-8)11-17-9(7-21-11)6-19-4-2-3-16-19/h2-5,7H,6H2,1H3. The van der Waals surface area contributed by atoms with Crippen molar-refractivity contribution in [2.24, 2.45) is 0 Å². The third-order valence-corrected chi connectivity index (χ3v) is 3.59. The number of aryl methyl sites for hydroxylation is 1. The van der Waals surface area contributed by atoms with Gasteiger partial charge in [0.25, 0.3) is 0 Å². The summed E-state index contributed by atoms with van der Waals surface area (Å²) in [5.41, 5.74) is 0.117. The number of hydrogen-bond acceptors (Lipinski definition) is 4. The van der Waals surface area contributed by atoms with E-state index in [-0.39, 0.29) is 5.13 Å². The van der Waals surface area contributed by atoms with Gasteiger partial charge in [-0.25, -0.2) is 9.67 Å². The van der Waals surface area contributed by atoms with E-state index in [9.17, 15) is 13.2 Å². The fourth-order valence-electron chi connectivity index (χ4n) is 1.87. The van der Waals surface area contributed by atoms with E-state index in [1.165, 1.54) is 6.92 Å². The van der Waals surface area contributed by atoms with Crippen molar-refractivity contribution in [1.29, 1.82) is 0 Å². The first-order chi connectivity index (χ1) is 9.93. The molecule has 0 aliphatic rings. The van der Waals surface area contributed by atoms with Crippen LogP contribution in [0.3, 0.4) is 0 Å². The molecule has 3 aromatic heterocycles. The number of rotatable bonds is 3. The van der Waals surface area contributed by atoms with Crippen LogP contribution in [0.25, 0.3) is 5.13 Å². The molecule has 0 fully saturated rings. The molecule has 110 valence electrons. The third kappa shape index (κ3) is 2.82. The van der Waals surface area contributed by atoms with Gasteiger partial charge in [0.05, 0.1) is 17.9 Å². The summed E-state index contributed by atoms with van der Waals surface area (Å²) in [6, 6.07) is 2.78. The van der Waals surface area contributed by atoms with Gasteiger partial charge in [-0.1, -0.05) is 0 Å². The summed E-state index contributed by atoms with van der Waals surface area (Å²) in [4.78, 5) is 4.20. The zero-order chi connectivity index (χ0) is 15.0. The van der Waals surface area contributed by atoms with Crippen LogP contribution in [0.4, 0.5) is 13.2 Å². The van der Waals surface area contributed by atoms with Gasteiger partial charge < -0.3 is 0 Å². The summed E-state index contributed by atoms with van der Waals surface area (Å²) in [5, 5.41) is 9.81. The Morgan fingerprint density at radius 2 is 2.14 bits per heavy atom. The third-order valence-electron chi connectivity index (χ3n) is 2.73. The molecule has 0 aromatic carbocycles. The zero-order valence-electron chi connectivity index (χ0n) is 10.9. The minimum atomic E-state index is -4.46. The minimum Gasteiger partial charge on any atom is -0.267 e. The van der Waals surface area contributed by atoms with E-state index >= 15 is 0 Å². The van der Waals surface area contributed by atoms with E-state index in [2.05, 4.69) is 15.2 Å². The Morgan fingerprint density at radius 3 is 2.81 bits per heavy atom. The van der Waals surface area contributed by atoms with Crippen LogP contribution in [0.1, 0.15) is 17.1 Å². The van der Waals surface area contributed by atoms with Gasteiger partial charge in [-0.15, -0.1) is 11.3 Å². The molecule has 3 heterocycles. The first kappa shape index (κ1) is 13.8. The van der Waals surface area contributed by atoms with Gasteiger partial charge in [0, 0.05) is 17.8 Å². The molecule has 0 saturated heterocycles. The summed E-state index contributed by atoms with van der Waals surface area (Å²) in [5.74, 6) is 0. The molecule has 0 radical (unpaired) electrons. The van der Waals surface area contributed by atoms with Crippen LogP contribution < -0.4 is 0 Å². The van der Waals surface area contributed by atoms with E-state index in [4.69, 9.17) is 0 Å². The molecule has 0 atom stereocenters. The topological polar surface area (TPSA) is 48.5 Å². The second-order valence-electron chi connectivity index (χ2n) is 4.41. The number of alkyl halides is 3. The van der Waals surface area contributed by atoms with Gasteiger partial charge in [0.1, 0.15) is 0 Å². The smallest absolute Gasteiger partial charge is 0.267 e. The quantitative estimate of drug-likeness (QED) is 0.747. The number of thiazole rings is 1. The van der Waals surface area contributed by atoms with Crippen LogP contribution in [0.5, 0.6) is 0 Å². The Balaban J connectivity index is 1.93. The highest BCUT2D eigenvalue weighted by Gasteiger charge is 2.36. The lowest BCUT2D eigenvalue weighted by molar-refractivity contribution is -0.142. The largest absolute Gasteiger partial charge is 0.433 e. The van der Waals surface area contributed by atoms with Crippen molar-refractivity contribution in [2.75, 3.05) is 0 Å². The summed E-state index contributed by atoms with van der Waals surface area (Å²) >= 11 is 1.12. The van der Waals surface area contributed by atoms with E-state index in [0.29, 0.717) is 17.9 Å². The van der Waals surface area contributed by atoms with Crippen molar-refractivity contribution >= 4 is 11.3 Å². The van der Waals surface area contributed by atoms with Gasteiger partial charge in [-0.05, 0) is 19.1 Å². The van der Waals surface area contributed by atoms with Gasteiger partial charge in [-0.3, -0.25) is 4.68 Å². The highest BCUT2D eigenvalue weighted by Crippen LogP contribution is 2.32. The lowest BCUT2D eigenvalue weighted by Crippen LogP contribution is -2.13. The lowest BCUT2D eigenvalue weighted by atomic mass is 10.3. The predicted molar refractivity (Wildman–Crippen MR) is 70.3 cm³/mol. The van der Waals surface area contributed by atoms with E-state index < -0.39 is 11.9 Å². The van der Waals surface area contributed by atoms with E-state index in [1.54, 1.807) is 28.5 Å². The van der Waals surface area contributed by atoms with Crippen LogP contribution in [-0.2, 0) is 12.7 Å². The Bertz CT molecular complexity index is 741. The Kier molecular flexibility index (Phi) is 3.28. The van der Waals surface area contributed by atoms with Crippen molar-refractivity contribution in [3.8, 4) is 5.13 Å². The second kappa shape index (κ2) is 4.99. The summed E-state index contributed by atoms with van der Waals surface area (Å²) in [6.07, 6.45) is -1.07. The summed E-state index contributed by atoms with van der Waals surface area (Å²) < 4.78 is 41.4. The minimum absolute atomic E-state index is 0.192. The zero-order valence-corrected chi connectivity index (χ0v) is 11.7. The highest BCUT2D eigenvalue weighted by molar-refractivity contribution is 7.12. The SMILES string of the molecule is Cc1cc(C(F)(F)F)n(-c2nc(Cn3cccn3)cs2)n1. The molecule has 0 aliphatic heterocycles. The monoisotopic (exact) mass is 313 g/mol. The maximum Gasteiger partial charge on any atom is 0.433 e. The lowest BCUT2D eigenvalue weighted by Gasteiger charge is -2.07. The molecule has 3 rings (SSSR count). The van der Waals surface area contributed by atoms with Crippen LogP contribution in [0, 0.1) is 6.92 Å². The number of nitrogens with zero attached hydrogens (tertiary/aromatic N) is 5. The van der Waals surface area contributed by atoms with E-state index in [1.807, 2.05) is 0 Å². The Morgan fingerprint density at radius 1 is 1.33 bits per heavy atom. The normalized spacial score (nSPS) is 12.0. The van der Waals surface area contributed by atoms with Crippen molar-refractivity contribution < 1.29 is 13.2 Å². The second-order valence-corrected chi connectivity index (χ2v) is 5.24. The van der Waals surface area contributed by atoms with Crippen molar-refractivity contribution in [2.45, 2.75) is 19.6 Å². The van der Waals surface area contributed by atoms with Crippen molar-refractivity contribution in [3.05, 3.63) is 47.0 Å². The molecule has 0 unspecified atom stereocenters. The molecule has 0 aliphatic carbocycles. The van der Waals surface area contributed by atoms with Crippen molar-refractivity contribution in [1.82, 2.24) is 24.5 Å². The Hall–Kier alpha value is -2.16. The Labute approximate surface area is 121 Å². The molecule has 0 bridgehead atoms. The highest BCUT2D eigenvalue weighted by atomic mass is 32.1. The fraction of sp³-hybridized carbons (Fsp3) is 0.250. The van der Waals surface area contributed by atoms with Gasteiger partial charge in [0.2, 0.25) is 5.13 Å². The predicted octanol–water partition coefficient (Wildman–Crippen LogP) is 2.90. The first-order valence-electron chi connectivity index (χ1n) is 5.99. The van der Waals surface area contributed by atoms with Gasteiger partial charge in [0.15, 0.2) is 5.69 Å². The molecule has 0 amide bonds. The van der Waals surface area contributed by atoms with Crippen LogP contribution in [0.2, 0.25) is 0 Å². The van der Waals surface area contributed by atoms with Crippen LogP contribution in [-0.4, -0.2) is 24.5 Å². The maximum atomic E-state index is 13.0.